The Balaban J connectivity index is 1.60. The van der Waals surface area contributed by atoms with Crippen molar-refractivity contribution in [1.82, 2.24) is 0 Å². The molecule has 0 amide bonds. The maximum Gasteiger partial charge on any atom is 0.0796 e. The number of hydrogen-bond acceptors (Lipinski definition) is 1. The Morgan fingerprint density at radius 3 is 1.69 bits per heavy atom. The third-order valence-corrected chi connectivity index (χ3v) is 7.07. The molecule has 0 aliphatic carbocycles. The van der Waals surface area contributed by atoms with Crippen molar-refractivity contribution in [1.29, 1.82) is 0 Å². The first kappa shape index (κ1) is 27.2. The molecule has 188 valence electrons. The van der Waals surface area contributed by atoms with E-state index in [1.54, 1.807) is 0 Å². The lowest BCUT2D eigenvalue weighted by molar-refractivity contribution is 0.0628. The van der Waals surface area contributed by atoms with Gasteiger partial charge >= 0.3 is 0 Å². The summed E-state index contributed by atoms with van der Waals surface area (Å²) in [5.74, 6) is 0. The van der Waals surface area contributed by atoms with Gasteiger partial charge in [0.25, 0.3) is 0 Å². The third-order valence-electron chi connectivity index (χ3n) is 7.07. The first-order valence-corrected chi connectivity index (χ1v) is 14.1. The van der Waals surface area contributed by atoms with E-state index in [4.69, 9.17) is 4.74 Å². The van der Waals surface area contributed by atoms with E-state index in [0.29, 0.717) is 0 Å². The van der Waals surface area contributed by atoms with Gasteiger partial charge in [-0.1, -0.05) is 138 Å². The predicted molar refractivity (Wildman–Crippen MR) is 153 cm³/mol. The lowest BCUT2D eigenvalue weighted by atomic mass is 9.93. The van der Waals surface area contributed by atoms with Crippen molar-refractivity contribution < 1.29 is 4.74 Å². The van der Waals surface area contributed by atoms with Gasteiger partial charge in [0.1, 0.15) is 0 Å². The highest BCUT2D eigenvalue weighted by atomic mass is 16.5. The molecule has 0 bridgehead atoms. The van der Waals surface area contributed by atoms with Crippen LogP contribution in [0.15, 0.2) is 72.8 Å². The number of unbranched alkanes of at least 4 members (excludes halogenated alkanes) is 8. The zero-order valence-corrected chi connectivity index (χ0v) is 22.4. The molecule has 1 unspecified atom stereocenters. The molecule has 0 radical (unpaired) electrons. The molecule has 3 aromatic carbocycles. The van der Waals surface area contributed by atoms with Crippen LogP contribution in [0.2, 0.25) is 0 Å². The first-order chi connectivity index (χ1) is 17.2. The standard InChI is InChI=1S/C34H46O/c1-4-6-8-10-11-12-16-29-19-21-31(22-20-29)33-17-13-14-18-34(33)32-25-23-30(24-26-32)28(3)35-27-15-9-7-5-2/h13-14,17-26,28H,4-12,15-16,27H2,1-3H3. The molecule has 0 heterocycles. The Labute approximate surface area is 214 Å². The summed E-state index contributed by atoms with van der Waals surface area (Å²) < 4.78 is 6.08. The summed E-state index contributed by atoms with van der Waals surface area (Å²) in [6.45, 7) is 7.53. The highest BCUT2D eigenvalue weighted by Crippen LogP contribution is 2.33. The van der Waals surface area contributed by atoms with Crippen LogP contribution in [0.5, 0.6) is 0 Å². The highest BCUT2D eigenvalue weighted by molar-refractivity contribution is 5.83. The minimum Gasteiger partial charge on any atom is -0.374 e. The van der Waals surface area contributed by atoms with Crippen molar-refractivity contribution in [3.05, 3.63) is 83.9 Å². The van der Waals surface area contributed by atoms with Crippen LogP contribution in [0.1, 0.15) is 102 Å². The van der Waals surface area contributed by atoms with Crippen LogP contribution >= 0.6 is 0 Å². The van der Waals surface area contributed by atoms with Gasteiger partial charge in [-0.25, -0.2) is 0 Å². The SMILES string of the molecule is CCCCCCCCc1ccc(-c2ccccc2-c2ccc(C(C)OCCCCCC)cc2)cc1. The van der Waals surface area contributed by atoms with Gasteiger partial charge in [-0.05, 0) is 59.6 Å². The van der Waals surface area contributed by atoms with Gasteiger partial charge < -0.3 is 4.74 Å². The Morgan fingerprint density at radius 1 is 0.571 bits per heavy atom. The zero-order chi connectivity index (χ0) is 24.7. The topological polar surface area (TPSA) is 9.23 Å². The monoisotopic (exact) mass is 470 g/mol. The van der Waals surface area contributed by atoms with Crippen LogP contribution in [-0.4, -0.2) is 6.61 Å². The van der Waals surface area contributed by atoms with Gasteiger partial charge in [-0.2, -0.15) is 0 Å². The Bertz CT molecular complexity index is 955. The van der Waals surface area contributed by atoms with Crippen LogP contribution in [0.3, 0.4) is 0 Å². The normalized spacial score (nSPS) is 12.1. The number of aryl methyl sites for hydroxylation is 1. The van der Waals surface area contributed by atoms with E-state index < -0.39 is 0 Å². The van der Waals surface area contributed by atoms with E-state index in [1.807, 2.05) is 0 Å². The summed E-state index contributed by atoms with van der Waals surface area (Å²) in [7, 11) is 0. The second-order valence-corrected chi connectivity index (χ2v) is 9.96. The van der Waals surface area contributed by atoms with Gasteiger partial charge in [0, 0.05) is 6.61 Å². The third kappa shape index (κ3) is 8.97. The maximum absolute atomic E-state index is 6.08. The Morgan fingerprint density at radius 2 is 1.09 bits per heavy atom. The lowest BCUT2D eigenvalue weighted by Gasteiger charge is -2.15. The first-order valence-electron chi connectivity index (χ1n) is 14.1. The average Bonchev–Trinajstić information content (AvgIpc) is 2.91. The van der Waals surface area contributed by atoms with Crippen molar-refractivity contribution in [3.63, 3.8) is 0 Å². The van der Waals surface area contributed by atoms with E-state index in [9.17, 15) is 0 Å². The predicted octanol–water partition coefficient (Wildman–Crippen LogP) is 10.6. The van der Waals surface area contributed by atoms with Gasteiger partial charge in [0.2, 0.25) is 0 Å². The minimum atomic E-state index is 0.139. The number of ether oxygens (including phenoxy) is 1. The van der Waals surface area contributed by atoms with Gasteiger partial charge in [-0.3, -0.25) is 0 Å². The van der Waals surface area contributed by atoms with E-state index in [-0.39, 0.29) is 6.10 Å². The van der Waals surface area contributed by atoms with Crippen LogP contribution in [0.25, 0.3) is 22.3 Å². The van der Waals surface area contributed by atoms with Gasteiger partial charge in [0.15, 0.2) is 0 Å². The number of rotatable bonds is 16. The molecule has 0 fully saturated rings. The maximum atomic E-state index is 6.08. The van der Waals surface area contributed by atoms with Crippen molar-refractivity contribution in [3.8, 4) is 22.3 Å². The molecule has 0 aliphatic heterocycles. The molecule has 3 aromatic rings. The van der Waals surface area contributed by atoms with Crippen LogP contribution in [-0.2, 0) is 11.2 Å². The van der Waals surface area contributed by atoms with Crippen molar-refractivity contribution in [2.45, 2.75) is 97.5 Å². The fourth-order valence-electron chi connectivity index (χ4n) is 4.77. The van der Waals surface area contributed by atoms with Crippen LogP contribution < -0.4 is 0 Å². The molecule has 1 heteroatoms. The lowest BCUT2D eigenvalue weighted by Crippen LogP contribution is -2.01. The fraction of sp³-hybridized carbons (Fsp3) is 0.471. The van der Waals surface area contributed by atoms with Crippen LogP contribution in [0.4, 0.5) is 0 Å². The molecule has 0 aliphatic rings. The second-order valence-electron chi connectivity index (χ2n) is 9.96. The summed E-state index contributed by atoms with van der Waals surface area (Å²) in [4.78, 5) is 0. The van der Waals surface area contributed by atoms with Gasteiger partial charge in [0.05, 0.1) is 6.10 Å². The molecule has 0 saturated heterocycles. The van der Waals surface area contributed by atoms with E-state index in [2.05, 4.69) is 93.6 Å². The number of benzene rings is 3. The molecule has 0 aromatic heterocycles. The Kier molecular flexibility index (Phi) is 12.1. The summed E-state index contributed by atoms with van der Waals surface area (Å²) in [5, 5.41) is 0. The molecule has 3 rings (SSSR count). The molecular weight excluding hydrogens is 424 g/mol. The van der Waals surface area contributed by atoms with E-state index in [0.717, 1.165) is 13.0 Å². The number of hydrogen-bond donors (Lipinski definition) is 0. The summed E-state index contributed by atoms with van der Waals surface area (Å²) in [6, 6.07) is 27.0. The smallest absolute Gasteiger partial charge is 0.0796 e. The summed E-state index contributed by atoms with van der Waals surface area (Å²) in [6.07, 6.45) is 14.4. The zero-order valence-electron chi connectivity index (χ0n) is 22.4. The van der Waals surface area contributed by atoms with E-state index >= 15 is 0 Å². The highest BCUT2D eigenvalue weighted by Gasteiger charge is 2.10. The van der Waals surface area contributed by atoms with Crippen molar-refractivity contribution in [2.75, 3.05) is 6.61 Å². The van der Waals surface area contributed by atoms with Crippen LogP contribution in [0, 0.1) is 0 Å². The minimum absolute atomic E-state index is 0.139. The van der Waals surface area contributed by atoms with Crippen molar-refractivity contribution >= 4 is 0 Å². The molecule has 0 N–H and O–H groups in total. The summed E-state index contributed by atoms with van der Waals surface area (Å²) in [5.41, 5.74) is 7.84. The summed E-state index contributed by atoms with van der Waals surface area (Å²) >= 11 is 0. The molecule has 1 nitrogen and oxygen atoms in total. The Hall–Kier alpha value is -2.38. The molecule has 0 saturated carbocycles. The molecule has 35 heavy (non-hydrogen) atoms. The second kappa shape index (κ2) is 15.6. The molecule has 1 atom stereocenters. The van der Waals surface area contributed by atoms with Crippen molar-refractivity contribution in [2.24, 2.45) is 0 Å². The molecular formula is C34H46O. The van der Waals surface area contributed by atoms with Gasteiger partial charge in [-0.15, -0.1) is 0 Å². The fourth-order valence-corrected chi connectivity index (χ4v) is 4.77. The average molecular weight is 471 g/mol. The molecule has 0 spiro atoms. The van der Waals surface area contributed by atoms with E-state index in [1.165, 1.54) is 97.6 Å². The largest absolute Gasteiger partial charge is 0.374 e. The quantitative estimate of drug-likeness (QED) is 0.189.